The first kappa shape index (κ1) is 13.4. The third-order valence-corrected chi connectivity index (χ3v) is 3.46. The number of methoxy groups -OCH3 is 1. The van der Waals surface area contributed by atoms with Gasteiger partial charge in [0.1, 0.15) is 11.8 Å². The molecule has 0 unspecified atom stereocenters. The minimum absolute atomic E-state index is 0.424. The van der Waals surface area contributed by atoms with Crippen molar-refractivity contribution in [2.24, 2.45) is 0 Å². The van der Waals surface area contributed by atoms with Crippen molar-refractivity contribution in [3.8, 4) is 11.6 Å². The maximum atomic E-state index is 6.03. The average molecular weight is 327 g/mol. The van der Waals surface area contributed by atoms with Crippen LogP contribution in [0.4, 0.5) is 0 Å². The number of hydrogen-bond acceptors (Lipinski definition) is 4. The SMILES string of the molecule is COc1ncnc2c1[nH]c(=S)n2-c1cc(Cl)cc(Cl)c1. The lowest BCUT2D eigenvalue weighted by Crippen LogP contribution is -1.97. The lowest BCUT2D eigenvalue weighted by molar-refractivity contribution is 0.401. The van der Waals surface area contributed by atoms with Gasteiger partial charge in [-0.2, -0.15) is 4.98 Å². The van der Waals surface area contributed by atoms with Gasteiger partial charge in [-0.15, -0.1) is 0 Å². The Labute approximate surface area is 129 Å². The van der Waals surface area contributed by atoms with Crippen molar-refractivity contribution < 1.29 is 4.74 Å². The van der Waals surface area contributed by atoms with Crippen LogP contribution in [-0.2, 0) is 0 Å². The van der Waals surface area contributed by atoms with Crippen molar-refractivity contribution in [1.82, 2.24) is 19.5 Å². The van der Waals surface area contributed by atoms with Crippen LogP contribution in [0, 0.1) is 4.77 Å². The van der Waals surface area contributed by atoms with E-state index in [1.54, 1.807) is 22.8 Å². The number of nitrogens with one attached hydrogen (secondary N) is 1. The van der Waals surface area contributed by atoms with Gasteiger partial charge in [-0.3, -0.25) is 4.57 Å². The highest BCUT2D eigenvalue weighted by atomic mass is 35.5. The number of H-pyrrole nitrogens is 1. The molecular formula is C12H8Cl2N4OS. The Morgan fingerprint density at radius 1 is 1.20 bits per heavy atom. The molecule has 5 nitrogen and oxygen atoms in total. The third-order valence-electron chi connectivity index (χ3n) is 2.74. The number of rotatable bonds is 2. The summed E-state index contributed by atoms with van der Waals surface area (Å²) in [4.78, 5) is 11.3. The molecule has 0 saturated carbocycles. The van der Waals surface area contributed by atoms with Crippen LogP contribution in [-0.4, -0.2) is 26.6 Å². The minimum atomic E-state index is 0.424. The number of aromatic nitrogens is 4. The van der Waals surface area contributed by atoms with Crippen LogP contribution < -0.4 is 4.74 Å². The number of ether oxygens (including phenoxy) is 1. The van der Waals surface area contributed by atoms with Gasteiger partial charge in [0.05, 0.1) is 12.8 Å². The van der Waals surface area contributed by atoms with Crippen LogP contribution in [0.25, 0.3) is 16.9 Å². The van der Waals surface area contributed by atoms with Crippen LogP contribution in [0.1, 0.15) is 0 Å². The quantitative estimate of drug-likeness (QED) is 0.728. The average Bonchev–Trinajstić information content (AvgIpc) is 2.73. The molecule has 0 aliphatic carbocycles. The van der Waals surface area contributed by atoms with Gasteiger partial charge in [0, 0.05) is 10.0 Å². The number of hydrogen-bond donors (Lipinski definition) is 1. The lowest BCUT2D eigenvalue weighted by atomic mass is 10.3. The summed E-state index contributed by atoms with van der Waals surface area (Å²) in [5.74, 6) is 0.424. The van der Waals surface area contributed by atoms with E-state index in [1.165, 1.54) is 13.4 Å². The Balaban J connectivity index is 2.36. The first-order valence-electron chi connectivity index (χ1n) is 5.56. The number of fused-ring (bicyclic) bond motifs is 1. The number of aromatic amines is 1. The second-order valence-corrected chi connectivity index (χ2v) is 5.23. The highest BCUT2D eigenvalue weighted by molar-refractivity contribution is 7.71. The summed E-state index contributed by atoms with van der Waals surface area (Å²) in [5, 5.41) is 1.04. The van der Waals surface area contributed by atoms with Gasteiger partial charge in [-0.25, -0.2) is 4.98 Å². The fourth-order valence-electron chi connectivity index (χ4n) is 1.96. The molecule has 0 amide bonds. The van der Waals surface area contributed by atoms with Gasteiger partial charge in [0.15, 0.2) is 10.4 Å². The van der Waals surface area contributed by atoms with E-state index >= 15 is 0 Å². The Morgan fingerprint density at radius 3 is 2.55 bits per heavy atom. The highest BCUT2D eigenvalue weighted by Crippen LogP contribution is 2.27. The smallest absolute Gasteiger partial charge is 0.242 e. The van der Waals surface area contributed by atoms with E-state index in [0.29, 0.717) is 31.9 Å². The summed E-state index contributed by atoms with van der Waals surface area (Å²) in [6.07, 6.45) is 1.41. The molecule has 1 aromatic carbocycles. The van der Waals surface area contributed by atoms with E-state index in [1.807, 2.05) is 0 Å². The molecular weight excluding hydrogens is 319 g/mol. The monoisotopic (exact) mass is 326 g/mol. The summed E-state index contributed by atoms with van der Waals surface area (Å²) in [7, 11) is 1.53. The molecule has 0 fully saturated rings. The summed E-state index contributed by atoms with van der Waals surface area (Å²) in [5.41, 5.74) is 1.94. The van der Waals surface area contributed by atoms with Gasteiger partial charge in [-0.1, -0.05) is 23.2 Å². The van der Waals surface area contributed by atoms with E-state index in [0.717, 1.165) is 5.69 Å². The number of benzene rings is 1. The number of nitrogens with zero attached hydrogens (tertiary/aromatic N) is 3. The highest BCUT2D eigenvalue weighted by Gasteiger charge is 2.13. The molecule has 3 rings (SSSR count). The third kappa shape index (κ3) is 2.15. The zero-order chi connectivity index (χ0) is 14.3. The van der Waals surface area contributed by atoms with E-state index in [9.17, 15) is 0 Å². The fraction of sp³-hybridized carbons (Fsp3) is 0.0833. The zero-order valence-electron chi connectivity index (χ0n) is 10.2. The van der Waals surface area contributed by atoms with Crippen molar-refractivity contribution >= 4 is 46.6 Å². The summed E-state index contributed by atoms with van der Waals surface area (Å²) < 4.78 is 7.37. The largest absolute Gasteiger partial charge is 0.479 e. The summed E-state index contributed by atoms with van der Waals surface area (Å²) >= 11 is 17.4. The first-order chi connectivity index (χ1) is 9.60. The van der Waals surface area contributed by atoms with E-state index < -0.39 is 0 Å². The first-order valence-corrected chi connectivity index (χ1v) is 6.73. The minimum Gasteiger partial charge on any atom is -0.479 e. The van der Waals surface area contributed by atoms with Gasteiger partial charge in [0.25, 0.3) is 0 Å². The standard InChI is InChI=1S/C12H8Cl2N4OS/c1-19-11-9-10(15-5-16-11)18(12(20)17-9)8-3-6(13)2-7(14)4-8/h2-5H,1H3,(H,17,20). The molecule has 0 aliphatic heterocycles. The predicted molar refractivity (Wildman–Crippen MR) is 80.6 cm³/mol. The second kappa shape index (κ2) is 5.05. The Morgan fingerprint density at radius 2 is 1.90 bits per heavy atom. The van der Waals surface area contributed by atoms with Crippen molar-refractivity contribution in [2.45, 2.75) is 0 Å². The molecule has 0 aliphatic rings. The molecule has 8 heteroatoms. The topological polar surface area (TPSA) is 55.7 Å². The van der Waals surface area contributed by atoms with Crippen LogP contribution in [0.15, 0.2) is 24.5 Å². The predicted octanol–water partition coefficient (Wildman–Crippen LogP) is 3.79. The van der Waals surface area contributed by atoms with Gasteiger partial charge in [0.2, 0.25) is 5.88 Å². The van der Waals surface area contributed by atoms with Crippen molar-refractivity contribution in [3.05, 3.63) is 39.3 Å². The Bertz CT molecular complexity index is 838. The van der Waals surface area contributed by atoms with Gasteiger partial charge >= 0.3 is 0 Å². The Hall–Kier alpha value is -1.63. The second-order valence-electron chi connectivity index (χ2n) is 3.97. The van der Waals surface area contributed by atoms with Gasteiger partial charge < -0.3 is 9.72 Å². The maximum Gasteiger partial charge on any atom is 0.242 e. The fourth-order valence-corrected chi connectivity index (χ4v) is 2.77. The van der Waals surface area contributed by atoms with Crippen LogP contribution in [0.3, 0.4) is 0 Å². The van der Waals surface area contributed by atoms with E-state index in [4.69, 9.17) is 40.2 Å². The molecule has 0 bridgehead atoms. The molecule has 0 radical (unpaired) electrons. The van der Waals surface area contributed by atoms with Crippen LogP contribution in [0.5, 0.6) is 5.88 Å². The number of halogens is 2. The number of imidazole rings is 1. The zero-order valence-corrected chi connectivity index (χ0v) is 12.6. The normalized spacial score (nSPS) is 10.9. The van der Waals surface area contributed by atoms with Crippen molar-refractivity contribution in [3.63, 3.8) is 0 Å². The van der Waals surface area contributed by atoms with Crippen LogP contribution in [0.2, 0.25) is 10.0 Å². The Kier molecular flexibility index (Phi) is 3.37. The molecule has 0 spiro atoms. The molecule has 20 heavy (non-hydrogen) atoms. The van der Waals surface area contributed by atoms with Gasteiger partial charge in [-0.05, 0) is 30.4 Å². The van der Waals surface area contributed by atoms with E-state index in [2.05, 4.69) is 15.0 Å². The molecule has 3 aromatic rings. The van der Waals surface area contributed by atoms with Crippen molar-refractivity contribution in [2.75, 3.05) is 7.11 Å². The molecule has 2 aromatic heterocycles. The van der Waals surface area contributed by atoms with Crippen molar-refractivity contribution in [1.29, 1.82) is 0 Å². The summed E-state index contributed by atoms with van der Waals surface area (Å²) in [6.45, 7) is 0. The summed E-state index contributed by atoms with van der Waals surface area (Å²) in [6, 6.07) is 5.16. The maximum absolute atomic E-state index is 6.03. The molecule has 2 heterocycles. The lowest BCUT2D eigenvalue weighted by Gasteiger charge is -2.05. The van der Waals surface area contributed by atoms with Crippen LogP contribution >= 0.6 is 35.4 Å². The van der Waals surface area contributed by atoms with E-state index in [-0.39, 0.29) is 0 Å². The molecule has 0 saturated heterocycles. The molecule has 0 atom stereocenters. The molecule has 1 N–H and O–H groups in total. The molecule has 102 valence electrons.